The molecule has 5 aromatic rings. The third kappa shape index (κ3) is 3.84. The van der Waals surface area contributed by atoms with Gasteiger partial charge in [-0.2, -0.15) is 5.26 Å². The van der Waals surface area contributed by atoms with E-state index < -0.39 is 0 Å². The normalized spacial score (nSPS) is 10.7. The van der Waals surface area contributed by atoms with Crippen LogP contribution in [-0.4, -0.2) is 9.55 Å². The average Bonchev–Trinajstić information content (AvgIpc) is 3.29. The van der Waals surface area contributed by atoms with E-state index in [1.807, 2.05) is 42.5 Å². The summed E-state index contributed by atoms with van der Waals surface area (Å²) in [6.45, 7) is 2.94. The summed E-state index contributed by atoms with van der Waals surface area (Å²) in [4.78, 5) is 5.22. The minimum absolute atomic E-state index is 0.649. The highest BCUT2D eigenvalue weighted by Crippen LogP contribution is 2.39. The fourth-order valence-electron chi connectivity index (χ4n) is 4.34. The van der Waals surface area contributed by atoms with Gasteiger partial charge < -0.3 is 4.57 Å². The molecule has 0 spiro atoms. The standard InChI is InChI=1S/C30H23N3/c1-2-33-29(24-15-7-4-8-16-24)28(23-13-5-3-6-14-23)32-30(33)27-19-10-9-18-26(27)25-17-11-12-22(20-25)21-31/h3-20H,2H2,1H3. The van der Waals surface area contributed by atoms with Gasteiger partial charge in [-0.15, -0.1) is 0 Å². The van der Waals surface area contributed by atoms with Gasteiger partial charge in [0.15, 0.2) is 0 Å². The monoisotopic (exact) mass is 425 g/mol. The molecule has 33 heavy (non-hydrogen) atoms. The molecule has 1 aromatic heterocycles. The summed E-state index contributed by atoms with van der Waals surface area (Å²) in [6, 6.07) is 39.1. The fourth-order valence-corrected chi connectivity index (χ4v) is 4.34. The molecule has 0 fully saturated rings. The van der Waals surface area contributed by atoms with Crippen molar-refractivity contribution in [3.8, 4) is 51.1 Å². The molecule has 0 bridgehead atoms. The van der Waals surface area contributed by atoms with E-state index in [1.54, 1.807) is 0 Å². The first kappa shape index (κ1) is 20.5. The van der Waals surface area contributed by atoms with E-state index in [-0.39, 0.29) is 0 Å². The van der Waals surface area contributed by atoms with Crippen LogP contribution < -0.4 is 0 Å². The highest BCUT2D eigenvalue weighted by atomic mass is 15.1. The number of benzene rings is 4. The van der Waals surface area contributed by atoms with Gasteiger partial charge in [-0.3, -0.25) is 0 Å². The molecule has 3 nitrogen and oxygen atoms in total. The maximum atomic E-state index is 9.40. The minimum Gasteiger partial charge on any atom is -0.324 e. The van der Waals surface area contributed by atoms with Crippen molar-refractivity contribution in [1.82, 2.24) is 9.55 Å². The van der Waals surface area contributed by atoms with Crippen LogP contribution in [0.1, 0.15) is 12.5 Å². The number of aromatic nitrogens is 2. The van der Waals surface area contributed by atoms with Crippen LogP contribution in [-0.2, 0) is 6.54 Å². The van der Waals surface area contributed by atoms with Crippen molar-refractivity contribution >= 4 is 0 Å². The Balaban J connectivity index is 1.79. The van der Waals surface area contributed by atoms with Gasteiger partial charge >= 0.3 is 0 Å². The Hall–Kier alpha value is -4.42. The zero-order chi connectivity index (χ0) is 22.6. The van der Waals surface area contributed by atoms with Crippen LogP contribution in [0.4, 0.5) is 0 Å². The first-order valence-corrected chi connectivity index (χ1v) is 11.1. The van der Waals surface area contributed by atoms with Gasteiger partial charge in [-0.05, 0) is 30.2 Å². The summed E-state index contributed by atoms with van der Waals surface area (Å²) in [5, 5.41) is 9.40. The van der Waals surface area contributed by atoms with Crippen LogP contribution in [0.5, 0.6) is 0 Å². The Kier molecular flexibility index (Phi) is 5.57. The van der Waals surface area contributed by atoms with Crippen LogP contribution in [0.2, 0.25) is 0 Å². The third-order valence-corrected chi connectivity index (χ3v) is 5.85. The van der Waals surface area contributed by atoms with E-state index in [4.69, 9.17) is 4.98 Å². The highest BCUT2D eigenvalue weighted by Gasteiger charge is 2.22. The molecule has 0 atom stereocenters. The number of hydrogen-bond donors (Lipinski definition) is 0. The summed E-state index contributed by atoms with van der Waals surface area (Å²) in [6.07, 6.45) is 0. The largest absolute Gasteiger partial charge is 0.324 e. The SMILES string of the molecule is CCn1c(-c2ccccc2-c2cccc(C#N)c2)nc(-c2ccccc2)c1-c1ccccc1. The molecule has 4 aromatic carbocycles. The molecule has 0 aliphatic rings. The van der Waals surface area contributed by atoms with Gasteiger partial charge in [0.1, 0.15) is 5.82 Å². The number of nitriles is 1. The summed E-state index contributed by atoms with van der Waals surface area (Å²) in [7, 11) is 0. The zero-order valence-corrected chi connectivity index (χ0v) is 18.4. The predicted molar refractivity (Wildman–Crippen MR) is 134 cm³/mol. The molecule has 0 saturated heterocycles. The van der Waals surface area contributed by atoms with Gasteiger partial charge in [0, 0.05) is 23.2 Å². The topological polar surface area (TPSA) is 41.6 Å². The van der Waals surface area contributed by atoms with E-state index >= 15 is 0 Å². The Bertz CT molecular complexity index is 1440. The van der Waals surface area contributed by atoms with Crippen molar-refractivity contribution in [1.29, 1.82) is 5.26 Å². The van der Waals surface area contributed by atoms with Crippen molar-refractivity contribution in [3.05, 3.63) is 115 Å². The lowest BCUT2D eigenvalue weighted by Crippen LogP contribution is -2.01. The van der Waals surface area contributed by atoms with E-state index in [1.165, 1.54) is 0 Å². The van der Waals surface area contributed by atoms with Crippen molar-refractivity contribution in [2.24, 2.45) is 0 Å². The Labute approximate surface area is 194 Å². The van der Waals surface area contributed by atoms with Gasteiger partial charge in [0.05, 0.1) is 23.0 Å². The van der Waals surface area contributed by atoms with Crippen molar-refractivity contribution in [2.45, 2.75) is 13.5 Å². The van der Waals surface area contributed by atoms with Crippen molar-refractivity contribution < 1.29 is 0 Å². The molecule has 158 valence electrons. The van der Waals surface area contributed by atoms with Crippen LogP contribution in [0.25, 0.3) is 45.0 Å². The average molecular weight is 426 g/mol. The quantitative estimate of drug-likeness (QED) is 0.293. The van der Waals surface area contributed by atoms with E-state index in [0.29, 0.717) is 5.56 Å². The predicted octanol–water partition coefficient (Wildman–Crippen LogP) is 7.44. The second-order valence-corrected chi connectivity index (χ2v) is 7.85. The van der Waals surface area contributed by atoms with Crippen LogP contribution in [0.3, 0.4) is 0 Å². The number of hydrogen-bond acceptors (Lipinski definition) is 2. The fraction of sp³-hybridized carbons (Fsp3) is 0.0667. The molecule has 3 heteroatoms. The Morgan fingerprint density at radius 1 is 0.697 bits per heavy atom. The Morgan fingerprint density at radius 3 is 1.97 bits per heavy atom. The van der Waals surface area contributed by atoms with Crippen LogP contribution in [0, 0.1) is 11.3 Å². The number of imidazole rings is 1. The van der Waals surface area contributed by atoms with Gasteiger partial charge in [-0.25, -0.2) is 4.98 Å². The van der Waals surface area contributed by atoms with Gasteiger partial charge in [-0.1, -0.05) is 97.1 Å². The molecule has 0 saturated carbocycles. The molecule has 0 amide bonds. The highest BCUT2D eigenvalue weighted by molar-refractivity contribution is 5.87. The van der Waals surface area contributed by atoms with Gasteiger partial charge in [0.2, 0.25) is 0 Å². The summed E-state index contributed by atoms with van der Waals surface area (Å²) in [5.41, 5.74) is 8.09. The first-order valence-electron chi connectivity index (χ1n) is 11.1. The number of rotatable bonds is 5. The molecule has 0 unspecified atom stereocenters. The van der Waals surface area contributed by atoms with E-state index in [2.05, 4.69) is 84.3 Å². The summed E-state index contributed by atoms with van der Waals surface area (Å²) < 4.78 is 2.30. The molecular formula is C30H23N3. The van der Waals surface area contributed by atoms with Gasteiger partial charge in [0.25, 0.3) is 0 Å². The van der Waals surface area contributed by atoms with Crippen LogP contribution >= 0.6 is 0 Å². The molecule has 0 N–H and O–H groups in total. The molecule has 5 rings (SSSR count). The lowest BCUT2D eigenvalue weighted by molar-refractivity contribution is 0.778. The number of nitrogens with zero attached hydrogens (tertiary/aromatic N) is 3. The summed E-state index contributed by atoms with van der Waals surface area (Å²) >= 11 is 0. The smallest absolute Gasteiger partial charge is 0.141 e. The lowest BCUT2D eigenvalue weighted by Gasteiger charge is -2.14. The molecular weight excluding hydrogens is 402 g/mol. The van der Waals surface area contributed by atoms with E-state index in [0.717, 1.165) is 51.6 Å². The second kappa shape index (κ2) is 8.98. The maximum absolute atomic E-state index is 9.40. The van der Waals surface area contributed by atoms with Crippen LogP contribution in [0.15, 0.2) is 109 Å². The zero-order valence-electron chi connectivity index (χ0n) is 18.4. The molecule has 0 aliphatic carbocycles. The first-order chi connectivity index (χ1) is 16.3. The molecule has 0 radical (unpaired) electrons. The minimum atomic E-state index is 0.649. The van der Waals surface area contributed by atoms with Crippen molar-refractivity contribution in [3.63, 3.8) is 0 Å². The van der Waals surface area contributed by atoms with Crippen molar-refractivity contribution in [2.75, 3.05) is 0 Å². The molecule has 1 heterocycles. The Morgan fingerprint density at radius 2 is 1.30 bits per heavy atom. The van der Waals surface area contributed by atoms with E-state index in [9.17, 15) is 5.26 Å². The lowest BCUT2D eigenvalue weighted by atomic mass is 9.98. The molecule has 0 aliphatic heterocycles. The summed E-state index contributed by atoms with van der Waals surface area (Å²) in [5.74, 6) is 0.924. The maximum Gasteiger partial charge on any atom is 0.141 e. The second-order valence-electron chi connectivity index (χ2n) is 7.85. The third-order valence-electron chi connectivity index (χ3n) is 5.85.